The van der Waals surface area contributed by atoms with Crippen molar-refractivity contribution in [2.24, 2.45) is 0 Å². The number of carbonyl (C=O) groups is 2. The maximum atomic E-state index is 13.3. The van der Waals surface area contributed by atoms with E-state index in [0.29, 0.717) is 16.8 Å². The molecular weight excluding hydrogens is 440 g/mol. The Hall–Kier alpha value is -3.97. The number of hydrogen-bond donors (Lipinski definition) is 1. The molecule has 0 radical (unpaired) electrons. The van der Waals surface area contributed by atoms with Gasteiger partial charge in [-0.1, -0.05) is 29.8 Å². The lowest BCUT2D eigenvalue weighted by Crippen LogP contribution is -2.44. The highest BCUT2D eigenvalue weighted by Crippen LogP contribution is 2.42. The molecule has 5 rings (SSSR count). The number of aryl methyl sites for hydroxylation is 1. The van der Waals surface area contributed by atoms with E-state index in [1.54, 1.807) is 36.7 Å². The molecule has 2 aliphatic heterocycles. The number of benzene rings is 2. The van der Waals surface area contributed by atoms with Crippen molar-refractivity contribution in [1.82, 2.24) is 9.88 Å². The molecule has 0 spiro atoms. The molecule has 1 atom stereocenters. The van der Waals surface area contributed by atoms with Crippen LogP contribution in [0.3, 0.4) is 0 Å². The first-order chi connectivity index (χ1) is 16.9. The molecular formula is C28H28N4O3. The normalized spacial score (nSPS) is 20.5. The predicted molar refractivity (Wildman–Crippen MR) is 136 cm³/mol. The fourth-order valence-corrected chi connectivity index (χ4v) is 4.72. The standard InChI is InChI=1S/C28H28N4O3/c1-19-3-5-21(6-4-19)26(33)24-25(20-11-13-29-14-12-20)32(28(35)27(24)34)23-9-7-22(8-10-23)31-17-15-30(2)16-18-31/h3-14,25,33H,15-18H2,1-2H3/b26-24+. The Balaban J connectivity index is 1.56. The molecule has 3 aromatic rings. The largest absolute Gasteiger partial charge is 0.507 e. The number of pyridine rings is 1. The van der Waals surface area contributed by atoms with Crippen LogP contribution in [0.2, 0.25) is 0 Å². The third-order valence-electron chi connectivity index (χ3n) is 6.79. The van der Waals surface area contributed by atoms with Gasteiger partial charge in [-0.3, -0.25) is 19.5 Å². The number of rotatable bonds is 4. The Bertz CT molecular complexity index is 1260. The molecule has 0 saturated carbocycles. The second-order valence-corrected chi connectivity index (χ2v) is 9.12. The molecule has 1 aromatic heterocycles. The lowest BCUT2D eigenvalue weighted by molar-refractivity contribution is -0.132. The molecule has 1 amide bonds. The van der Waals surface area contributed by atoms with E-state index in [9.17, 15) is 14.7 Å². The first-order valence-electron chi connectivity index (χ1n) is 11.8. The van der Waals surface area contributed by atoms with Gasteiger partial charge in [0.05, 0.1) is 11.6 Å². The van der Waals surface area contributed by atoms with Crippen molar-refractivity contribution in [3.05, 3.63) is 95.3 Å². The molecule has 3 heterocycles. The summed E-state index contributed by atoms with van der Waals surface area (Å²) >= 11 is 0. The molecule has 7 nitrogen and oxygen atoms in total. The van der Waals surface area contributed by atoms with Crippen LogP contribution in [-0.4, -0.2) is 59.9 Å². The van der Waals surface area contributed by atoms with Crippen LogP contribution in [0.5, 0.6) is 0 Å². The van der Waals surface area contributed by atoms with Gasteiger partial charge in [0, 0.05) is 55.5 Å². The summed E-state index contributed by atoms with van der Waals surface area (Å²) in [6.07, 6.45) is 3.25. The van der Waals surface area contributed by atoms with Crippen LogP contribution < -0.4 is 9.80 Å². The number of aliphatic hydroxyl groups excluding tert-OH is 1. The third kappa shape index (κ3) is 4.31. The summed E-state index contributed by atoms with van der Waals surface area (Å²) in [6, 6.07) is 17.8. The molecule has 35 heavy (non-hydrogen) atoms. The zero-order chi connectivity index (χ0) is 24.5. The van der Waals surface area contributed by atoms with Crippen molar-refractivity contribution in [3.63, 3.8) is 0 Å². The fourth-order valence-electron chi connectivity index (χ4n) is 4.72. The topological polar surface area (TPSA) is 77.0 Å². The van der Waals surface area contributed by atoms with Gasteiger partial charge in [-0.05, 0) is 55.9 Å². The van der Waals surface area contributed by atoms with Crippen molar-refractivity contribution in [2.75, 3.05) is 43.0 Å². The zero-order valence-electron chi connectivity index (χ0n) is 19.9. The minimum Gasteiger partial charge on any atom is -0.507 e. The van der Waals surface area contributed by atoms with Gasteiger partial charge in [0.1, 0.15) is 5.76 Å². The molecule has 7 heteroatoms. The summed E-state index contributed by atoms with van der Waals surface area (Å²) in [5.41, 5.74) is 4.00. The van der Waals surface area contributed by atoms with Gasteiger partial charge in [-0.2, -0.15) is 0 Å². The Kier molecular flexibility index (Phi) is 6.09. The van der Waals surface area contributed by atoms with Crippen molar-refractivity contribution in [2.45, 2.75) is 13.0 Å². The first kappa shape index (κ1) is 22.8. The second kappa shape index (κ2) is 9.35. The van der Waals surface area contributed by atoms with E-state index in [0.717, 1.165) is 37.4 Å². The number of amides is 1. The van der Waals surface area contributed by atoms with E-state index >= 15 is 0 Å². The van der Waals surface area contributed by atoms with Gasteiger partial charge in [0.25, 0.3) is 11.7 Å². The van der Waals surface area contributed by atoms with Gasteiger partial charge in [0.15, 0.2) is 0 Å². The smallest absolute Gasteiger partial charge is 0.300 e. The van der Waals surface area contributed by atoms with Gasteiger partial charge >= 0.3 is 0 Å². The number of carbonyl (C=O) groups excluding carboxylic acids is 2. The van der Waals surface area contributed by atoms with Gasteiger partial charge < -0.3 is 14.9 Å². The van der Waals surface area contributed by atoms with E-state index in [-0.39, 0.29) is 11.3 Å². The Morgan fingerprint density at radius 1 is 0.857 bits per heavy atom. The fraction of sp³-hybridized carbons (Fsp3) is 0.250. The number of anilines is 2. The number of aliphatic hydroxyl groups is 1. The Morgan fingerprint density at radius 3 is 2.09 bits per heavy atom. The number of ketones is 1. The van der Waals surface area contributed by atoms with Crippen LogP contribution >= 0.6 is 0 Å². The lowest BCUT2D eigenvalue weighted by atomic mass is 9.95. The van der Waals surface area contributed by atoms with Gasteiger partial charge in [-0.15, -0.1) is 0 Å². The van der Waals surface area contributed by atoms with E-state index in [2.05, 4.69) is 21.8 Å². The van der Waals surface area contributed by atoms with E-state index in [1.807, 2.05) is 43.3 Å². The summed E-state index contributed by atoms with van der Waals surface area (Å²) in [7, 11) is 2.12. The summed E-state index contributed by atoms with van der Waals surface area (Å²) in [4.78, 5) is 36.7. The van der Waals surface area contributed by atoms with Crippen molar-refractivity contribution < 1.29 is 14.7 Å². The highest BCUT2D eigenvalue weighted by Gasteiger charge is 2.47. The van der Waals surface area contributed by atoms with Crippen LogP contribution in [0.15, 0.2) is 78.6 Å². The van der Waals surface area contributed by atoms with Crippen LogP contribution in [0.1, 0.15) is 22.7 Å². The first-order valence-corrected chi connectivity index (χ1v) is 11.8. The zero-order valence-corrected chi connectivity index (χ0v) is 19.9. The third-order valence-corrected chi connectivity index (χ3v) is 6.79. The highest BCUT2D eigenvalue weighted by molar-refractivity contribution is 6.51. The number of nitrogens with zero attached hydrogens (tertiary/aromatic N) is 4. The summed E-state index contributed by atoms with van der Waals surface area (Å²) in [5.74, 6) is -1.54. The number of aromatic nitrogens is 1. The maximum absolute atomic E-state index is 13.3. The number of piperazine rings is 1. The molecule has 1 unspecified atom stereocenters. The molecule has 2 aromatic carbocycles. The monoisotopic (exact) mass is 468 g/mol. The van der Waals surface area contributed by atoms with E-state index in [1.165, 1.54) is 4.90 Å². The van der Waals surface area contributed by atoms with Gasteiger partial charge in [-0.25, -0.2) is 0 Å². The van der Waals surface area contributed by atoms with Crippen LogP contribution in [0.25, 0.3) is 5.76 Å². The number of Topliss-reactive ketones (excluding diaryl/α,β-unsaturated/α-hetero) is 1. The lowest BCUT2D eigenvalue weighted by Gasteiger charge is -2.34. The van der Waals surface area contributed by atoms with E-state index in [4.69, 9.17) is 0 Å². The van der Waals surface area contributed by atoms with Crippen molar-refractivity contribution in [1.29, 1.82) is 0 Å². The second-order valence-electron chi connectivity index (χ2n) is 9.12. The average Bonchev–Trinajstić information content (AvgIpc) is 3.15. The Labute approximate surface area is 204 Å². The summed E-state index contributed by atoms with van der Waals surface area (Å²) in [5, 5.41) is 11.2. The van der Waals surface area contributed by atoms with Crippen molar-refractivity contribution in [3.8, 4) is 0 Å². The van der Waals surface area contributed by atoms with Gasteiger partial charge in [0.2, 0.25) is 0 Å². The highest BCUT2D eigenvalue weighted by atomic mass is 16.3. The Morgan fingerprint density at radius 2 is 1.46 bits per heavy atom. The molecule has 178 valence electrons. The molecule has 2 aliphatic rings. The minimum absolute atomic E-state index is 0.0770. The molecule has 0 bridgehead atoms. The van der Waals surface area contributed by atoms with Crippen LogP contribution in [0, 0.1) is 6.92 Å². The van der Waals surface area contributed by atoms with Crippen LogP contribution in [-0.2, 0) is 9.59 Å². The predicted octanol–water partition coefficient (Wildman–Crippen LogP) is 3.77. The number of hydrogen-bond acceptors (Lipinski definition) is 6. The summed E-state index contributed by atoms with van der Waals surface area (Å²) in [6.45, 7) is 5.82. The quantitative estimate of drug-likeness (QED) is 0.357. The molecule has 2 fully saturated rings. The SMILES string of the molecule is Cc1ccc(/C(O)=C2\C(=O)C(=O)N(c3ccc(N4CCN(C)CC4)cc3)C2c2ccncc2)cc1. The summed E-state index contributed by atoms with van der Waals surface area (Å²) < 4.78 is 0. The van der Waals surface area contributed by atoms with E-state index < -0.39 is 17.7 Å². The molecule has 0 aliphatic carbocycles. The minimum atomic E-state index is -0.756. The van der Waals surface area contributed by atoms with Crippen molar-refractivity contribution >= 4 is 28.8 Å². The number of likely N-dealkylation sites (N-methyl/N-ethyl adjacent to an activating group) is 1. The average molecular weight is 469 g/mol. The molecule has 2 saturated heterocycles. The van der Waals surface area contributed by atoms with Crippen LogP contribution in [0.4, 0.5) is 11.4 Å². The molecule has 1 N–H and O–H groups in total. The maximum Gasteiger partial charge on any atom is 0.300 e.